The molecule has 2 aromatic rings. The number of rotatable bonds is 6. The van der Waals surface area contributed by atoms with Crippen LogP contribution in [0.15, 0.2) is 23.2 Å². The van der Waals surface area contributed by atoms with Crippen LogP contribution in [-0.2, 0) is 20.0 Å². The number of fused-ring (bicyclic) bond motifs is 1. The van der Waals surface area contributed by atoms with Crippen molar-refractivity contribution < 1.29 is 9.47 Å². The number of nitrogens with zero attached hydrogens (tertiary/aromatic N) is 3. The van der Waals surface area contributed by atoms with Crippen LogP contribution in [0.1, 0.15) is 42.8 Å². The fraction of sp³-hybridized carbons (Fsp3) is 0.545. The molecule has 0 spiro atoms. The molecule has 0 fully saturated rings. The van der Waals surface area contributed by atoms with Gasteiger partial charge in [0.25, 0.3) is 0 Å². The summed E-state index contributed by atoms with van der Waals surface area (Å²) < 4.78 is 13.6. The lowest BCUT2D eigenvalue weighted by atomic mass is 10.1. The van der Waals surface area contributed by atoms with Crippen LogP contribution in [0, 0.1) is 13.8 Å². The Kier molecular flexibility index (Phi) is 7.01. The van der Waals surface area contributed by atoms with Crippen LogP contribution in [0.5, 0.6) is 11.5 Å². The van der Waals surface area contributed by atoms with Gasteiger partial charge in [0.15, 0.2) is 17.5 Å². The molecule has 1 unspecified atom stereocenters. The fourth-order valence-electron chi connectivity index (χ4n) is 3.57. The number of aliphatic imine (C=N–C) groups is 1. The van der Waals surface area contributed by atoms with Crippen LogP contribution in [0.25, 0.3) is 0 Å². The third-order valence-corrected chi connectivity index (χ3v) is 5.16. The molecule has 0 saturated carbocycles. The number of hydrogen-bond acceptors (Lipinski definition) is 4. The van der Waals surface area contributed by atoms with Gasteiger partial charge in [-0.15, -0.1) is 0 Å². The molecule has 7 nitrogen and oxygen atoms in total. The van der Waals surface area contributed by atoms with E-state index in [1.54, 1.807) is 0 Å². The Labute approximate surface area is 173 Å². The van der Waals surface area contributed by atoms with Crippen molar-refractivity contribution in [1.82, 2.24) is 20.4 Å². The first-order valence-electron chi connectivity index (χ1n) is 10.4. The molecule has 29 heavy (non-hydrogen) atoms. The predicted octanol–water partition coefficient (Wildman–Crippen LogP) is 2.88. The summed E-state index contributed by atoms with van der Waals surface area (Å²) in [5.41, 5.74) is 4.63. The molecule has 2 N–H and O–H groups in total. The zero-order valence-electron chi connectivity index (χ0n) is 18.2. The van der Waals surface area contributed by atoms with E-state index >= 15 is 0 Å². The summed E-state index contributed by atoms with van der Waals surface area (Å²) in [6.45, 7) is 11.1. The Morgan fingerprint density at radius 2 is 2.07 bits per heavy atom. The highest BCUT2D eigenvalue weighted by molar-refractivity contribution is 5.80. The lowest BCUT2D eigenvalue weighted by Crippen LogP contribution is -2.43. The number of aryl methyl sites for hydroxylation is 2. The molecule has 0 amide bonds. The van der Waals surface area contributed by atoms with Crippen LogP contribution in [-0.4, -0.2) is 41.5 Å². The van der Waals surface area contributed by atoms with Crippen molar-refractivity contribution in [3.63, 3.8) is 0 Å². The highest BCUT2D eigenvalue weighted by atomic mass is 16.5. The molecule has 7 heteroatoms. The summed E-state index contributed by atoms with van der Waals surface area (Å²) in [7, 11) is 1.99. The molecule has 0 aliphatic carbocycles. The average molecular weight is 400 g/mol. The number of ether oxygens (including phenoxy) is 2. The Hall–Kier alpha value is -2.70. The van der Waals surface area contributed by atoms with E-state index in [1.165, 1.54) is 11.3 Å². The first-order chi connectivity index (χ1) is 14.0. The standard InChI is InChI=1S/C22H33N5O2/c1-6-23-22(25-15(2)13-19-16(3)26-27(5)17(19)4)24-14-18-9-7-10-20-21(18)29-12-8-11-28-20/h7,9-10,15H,6,8,11-14H2,1-5H3,(H2,23,24,25). The van der Waals surface area contributed by atoms with Gasteiger partial charge >= 0.3 is 0 Å². The van der Waals surface area contributed by atoms with E-state index in [-0.39, 0.29) is 6.04 Å². The average Bonchev–Trinajstić information content (AvgIpc) is 2.87. The highest BCUT2D eigenvalue weighted by Crippen LogP contribution is 2.33. The van der Waals surface area contributed by atoms with Gasteiger partial charge < -0.3 is 20.1 Å². The lowest BCUT2D eigenvalue weighted by Gasteiger charge is -2.18. The number of aromatic nitrogens is 2. The van der Waals surface area contributed by atoms with Crippen LogP contribution < -0.4 is 20.1 Å². The third kappa shape index (κ3) is 5.22. The van der Waals surface area contributed by atoms with Crippen molar-refractivity contribution in [1.29, 1.82) is 0 Å². The normalized spacial score (nSPS) is 15.0. The zero-order chi connectivity index (χ0) is 20.8. The third-order valence-electron chi connectivity index (χ3n) is 5.16. The van der Waals surface area contributed by atoms with E-state index in [0.717, 1.165) is 48.1 Å². The van der Waals surface area contributed by atoms with Crippen molar-refractivity contribution in [3.8, 4) is 11.5 Å². The minimum absolute atomic E-state index is 0.224. The second kappa shape index (κ2) is 9.67. The topological polar surface area (TPSA) is 72.7 Å². The van der Waals surface area contributed by atoms with Crippen molar-refractivity contribution >= 4 is 5.96 Å². The Balaban J connectivity index is 1.70. The maximum atomic E-state index is 5.92. The smallest absolute Gasteiger partial charge is 0.191 e. The van der Waals surface area contributed by atoms with Gasteiger partial charge in [0, 0.05) is 37.3 Å². The van der Waals surface area contributed by atoms with Gasteiger partial charge in [0.1, 0.15) is 0 Å². The van der Waals surface area contributed by atoms with Gasteiger partial charge in [0.05, 0.1) is 25.5 Å². The number of hydrogen-bond donors (Lipinski definition) is 2. The SMILES string of the molecule is CCNC(=NCc1cccc2c1OCCCO2)NC(C)Cc1c(C)nn(C)c1C. The summed E-state index contributed by atoms with van der Waals surface area (Å²) in [4.78, 5) is 4.79. The highest BCUT2D eigenvalue weighted by Gasteiger charge is 2.16. The number of nitrogens with one attached hydrogen (secondary N) is 2. The maximum Gasteiger partial charge on any atom is 0.191 e. The molecule has 0 saturated heterocycles. The van der Waals surface area contributed by atoms with Crippen LogP contribution in [0.2, 0.25) is 0 Å². The van der Waals surface area contributed by atoms with Gasteiger partial charge in [0.2, 0.25) is 0 Å². The van der Waals surface area contributed by atoms with Gasteiger partial charge in [-0.2, -0.15) is 5.10 Å². The predicted molar refractivity (Wildman–Crippen MR) is 116 cm³/mol. The van der Waals surface area contributed by atoms with Crippen LogP contribution in [0.3, 0.4) is 0 Å². The molecule has 1 aliphatic heterocycles. The van der Waals surface area contributed by atoms with E-state index < -0.39 is 0 Å². The molecular formula is C22H33N5O2. The molecule has 3 rings (SSSR count). The second-order valence-corrected chi connectivity index (χ2v) is 7.51. The molecule has 1 aromatic heterocycles. The summed E-state index contributed by atoms with van der Waals surface area (Å²) in [5, 5.41) is 11.4. The summed E-state index contributed by atoms with van der Waals surface area (Å²) in [6.07, 6.45) is 1.79. The van der Waals surface area contributed by atoms with Crippen LogP contribution >= 0.6 is 0 Å². The second-order valence-electron chi connectivity index (χ2n) is 7.51. The summed E-state index contributed by atoms with van der Waals surface area (Å²) >= 11 is 0. The monoisotopic (exact) mass is 399 g/mol. The van der Waals surface area contributed by atoms with Gasteiger partial charge in [-0.3, -0.25) is 4.68 Å². The van der Waals surface area contributed by atoms with E-state index in [0.29, 0.717) is 19.8 Å². The van der Waals surface area contributed by atoms with Crippen LogP contribution in [0.4, 0.5) is 0 Å². The lowest BCUT2D eigenvalue weighted by molar-refractivity contribution is 0.296. The zero-order valence-corrected chi connectivity index (χ0v) is 18.2. The number of guanidine groups is 1. The fourth-order valence-corrected chi connectivity index (χ4v) is 3.57. The number of benzene rings is 1. The largest absolute Gasteiger partial charge is 0.490 e. The molecule has 1 atom stereocenters. The molecule has 0 radical (unpaired) electrons. The van der Waals surface area contributed by atoms with Crippen molar-refractivity contribution in [2.75, 3.05) is 19.8 Å². The molecule has 1 aliphatic rings. The Bertz CT molecular complexity index is 859. The quantitative estimate of drug-likeness (QED) is 0.577. The molecule has 1 aromatic carbocycles. The van der Waals surface area contributed by atoms with E-state index in [9.17, 15) is 0 Å². The summed E-state index contributed by atoms with van der Waals surface area (Å²) in [6, 6.07) is 6.22. The minimum Gasteiger partial charge on any atom is -0.490 e. The Morgan fingerprint density at radius 1 is 1.28 bits per heavy atom. The van der Waals surface area contributed by atoms with Crippen molar-refractivity contribution in [3.05, 3.63) is 40.7 Å². The van der Waals surface area contributed by atoms with Gasteiger partial charge in [-0.25, -0.2) is 4.99 Å². The van der Waals surface area contributed by atoms with E-state index in [4.69, 9.17) is 14.5 Å². The van der Waals surface area contributed by atoms with E-state index in [2.05, 4.69) is 43.4 Å². The molecule has 158 valence electrons. The first-order valence-corrected chi connectivity index (χ1v) is 10.4. The molecule has 2 heterocycles. The van der Waals surface area contributed by atoms with Gasteiger partial charge in [-0.05, 0) is 45.7 Å². The Morgan fingerprint density at radius 3 is 2.79 bits per heavy atom. The molecular weight excluding hydrogens is 366 g/mol. The van der Waals surface area contributed by atoms with Gasteiger partial charge in [-0.1, -0.05) is 12.1 Å². The molecule has 0 bridgehead atoms. The minimum atomic E-state index is 0.224. The van der Waals surface area contributed by atoms with E-state index in [1.807, 2.05) is 29.9 Å². The first kappa shape index (κ1) is 21.0. The summed E-state index contributed by atoms with van der Waals surface area (Å²) in [5.74, 6) is 2.43. The van der Waals surface area contributed by atoms with Crippen molar-refractivity contribution in [2.24, 2.45) is 12.0 Å². The number of para-hydroxylation sites is 1. The van der Waals surface area contributed by atoms with Crippen molar-refractivity contribution in [2.45, 2.75) is 53.1 Å². The maximum absolute atomic E-state index is 5.92.